The number of nitrogens with one attached hydrogen (secondary N) is 1. The summed E-state index contributed by atoms with van der Waals surface area (Å²) in [4.78, 5) is 17.3. The molecule has 1 aromatic rings. The Morgan fingerprint density at radius 2 is 2.00 bits per heavy atom. The van der Waals surface area contributed by atoms with Crippen molar-refractivity contribution < 1.29 is 9.53 Å². The number of hydrogen-bond acceptors (Lipinski definition) is 4. The van der Waals surface area contributed by atoms with E-state index in [2.05, 4.69) is 10.3 Å². The minimum atomic E-state index is -0.0624. The molecule has 1 heterocycles. The standard InChI is InChI=1S/C16H18N2O2S/c1-20-13-8-6-11(7-9-13)10-14-15(19)18-16(21-14)17-12-4-2-3-5-12/h6-10,12H,2-5H2,1H3,(H,17,18,19)/b14-10+. The van der Waals surface area contributed by atoms with E-state index < -0.39 is 0 Å². The number of aliphatic imine (C=N–C) groups is 1. The number of ether oxygens (including phenoxy) is 1. The molecule has 0 atom stereocenters. The number of methoxy groups -OCH3 is 1. The van der Waals surface area contributed by atoms with Crippen LogP contribution in [0.1, 0.15) is 31.2 Å². The average molecular weight is 302 g/mol. The summed E-state index contributed by atoms with van der Waals surface area (Å²) in [6.07, 6.45) is 6.65. The molecule has 1 aliphatic heterocycles. The number of carbonyl (C=O) groups is 1. The smallest absolute Gasteiger partial charge is 0.264 e. The van der Waals surface area contributed by atoms with Crippen LogP contribution in [0.25, 0.3) is 6.08 Å². The number of rotatable bonds is 3. The van der Waals surface area contributed by atoms with Crippen LogP contribution < -0.4 is 10.1 Å². The molecule has 1 N–H and O–H groups in total. The maximum Gasteiger partial charge on any atom is 0.264 e. The summed E-state index contributed by atoms with van der Waals surface area (Å²) >= 11 is 1.43. The molecule has 2 aliphatic rings. The van der Waals surface area contributed by atoms with Gasteiger partial charge in [-0.2, -0.15) is 0 Å². The van der Waals surface area contributed by atoms with Crippen LogP contribution in [0.15, 0.2) is 34.2 Å². The fourth-order valence-electron chi connectivity index (χ4n) is 2.54. The lowest BCUT2D eigenvalue weighted by atomic mass is 10.2. The highest BCUT2D eigenvalue weighted by Crippen LogP contribution is 2.29. The largest absolute Gasteiger partial charge is 0.497 e. The lowest BCUT2D eigenvalue weighted by Gasteiger charge is -2.02. The highest BCUT2D eigenvalue weighted by Gasteiger charge is 2.25. The van der Waals surface area contributed by atoms with E-state index in [9.17, 15) is 4.79 Å². The van der Waals surface area contributed by atoms with Gasteiger partial charge in [0.05, 0.1) is 18.1 Å². The highest BCUT2D eigenvalue weighted by atomic mass is 32.2. The van der Waals surface area contributed by atoms with E-state index in [1.807, 2.05) is 30.3 Å². The van der Waals surface area contributed by atoms with Gasteiger partial charge in [-0.25, -0.2) is 0 Å². The van der Waals surface area contributed by atoms with Crippen molar-refractivity contribution >= 4 is 28.9 Å². The molecule has 0 unspecified atom stereocenters. The lowest BCUT2D eigenvalue weighted by molar-refractivity contribution is -0.115. The topological polar surface area (TPSA) is 50.7 Å². The number of amidine groups is 1. The first-order valence-corrected chi connectivity index (χ1v) is 7.99. The Bertz CT molecular complexity index is 587. The van der Waals surface area contributed by atoms with Gasteiger partial charge in [0.25, 0.3) is 5.91 Å². The van der Waals surface area contributed by atoms with Crippen LogP contribution in [-0.2, 0) is 4.79 Å². The van der Waals surface area contributed by atoms with Crippen molar-refractivity contribution in [3.05, 3.63) is 34.7 Å². The molecular formula is C16H18N2O2S. The Balaban J connectivity index is 1.72. The molecule has 2 fully saturated rings. The van der Waals surface area contributed by atoms with Gasteiger partial charge in [0.15, 0.2) is 5.17 Å². The summed E-state index contributed by atoms with van der Waals surface area (Å²) in [5.41, 5.74) is 0.982. The molecule has 1 amide bonds. The van der Waals surface area contributed by atoms with Crippen molar-refractivity contribution in [2.45, 2.75) is 31.7 Å². The van der Waals surface area contributed by atoms with E-state index in [1.54, 1.807) is 7.11 Å². The van der Waals surface area contributed by atoms with Gasteiger partial charge in [0.2, 0.25) is 0 Å². The first kappa shape index (κ1) is 14.2. The van der Waals surface area contributed by atoms with Crippen molar-refractivity contribution in [1.29, 1.82) is 0 Å². The fourth-order valence-corrected chi connectivity index (χ4v) is 3.43. The summed E-state index contributed by atoms with van der Waals surface area (Å²) in [6.45, 7) is 0. The van der Waals surface area contributed by atoms with Crippen molar-refractivity contribution in [3.63, 3.8) is 0 Å². The highest BCUT2D eigenvalue weighted by molar-refractivity contribution is 8.18. The molecule has 1 aromatic carbocycles. The molecule has 1 saturated carbocycles. The van der Waals surface area contributed by atoms with E-state index in [4.69, 9.17) is 4.74 Å². The molecule has 0 spiro atoms. The maximum atomic E-state index is 12.0. The second-order valence-corrected chi connectivity index (χ2v) is 6.24. The second-order valence-electron chi connectivity index (χ2n) is 5.21. The number of amides is 1. The normalized spacial score (nSPS) is 23.0. The van der Waals surface area contributed by atoms with Gasteiger partial charge < -0.3 is 10.1 Å². The summed E-state index contributed by atoms with van der Waals surface area (Å²) in [5.74, 6) is 0.747. The van der Waals surface area contributed by atoms with Crippen LogP contribution in [0.4, 0.5) is 0 Å². The zero-order chi connectivity index (χ0) is 14.7. The van der Waals surface area contributed by atoms with E-state index in [-0.39, 0.29) is 5.91 Å². The molecular weight excluding hydrogens is 284 g/mol. The van der Waals surface area contributed by atoms with Gasteiger partial charge in [-0.3, -0.25) is 9.79 Å². The van der Waals surface area contributed by atoms with E-state index in [1.165, 1.54) is 24.6 Å². The predicted octanol–water partition coefficient (Wildman–Crippen LogP) is 3.20. The summed E-state index contributed by atoms with van der Waals surface area (Å²) < 4.78 is 5.13. The zero-order valence-electron chi connectivity index (χ0n) is 12.0. The van der Waals surface area contributed by atoms with Crippen LogP contribution in [0.3, 0.4) is 0 Å². The molecule has 0 aromatic heterocycles. The van der Waals surface area contributed by atoms with E-state index in [0.717, 1.165) is 29.3 Å². The SMILES string of the molecule is COc1ccc(/C=C2/SC(=NC3CCCC3)NC2=O)cc1. The van der Waals surface area contributed by atoms with Crippen LogP contribution in [0, 0.1) is 0 Å². The summed E-state index contributed by atoms with van der Waals surface area (Å²) in [7, 11) is 1.64. The van der Waals surface area contributed by atoms with Crippen LogP contribution in [0.2, 0.25) is 0 Å². The lowest BCUT2D eigenvalue weighted by Crippen LogP contribution is -2.21. The van der Waals surface area contributed by atoms with Crippen LogP contribution in [-0.4, -0.2) is 24.2 Å². The Kier molecular flexibility index (Phi) is 4.29. The van der Waals surface area contributed by atoms with Gasteiger partial charge in [-0.15, -0.1) is 0 Å². The monoisotopic (exact) mass is 302 g/mol. The van der Waals surface area contributed by atoms with Crippen molar-refractivity contribution in [2.24, 2.45) is 4.99 Å². The molecule has 0 radical (unpaired) electrons. The Hall–Kier alpha value is -1.75. The number of nitrogens with zero attached hydrogens (tertiary/aromatic N) is 1. The third-order valence-electron chi connectivity index (χ3n) is 3.69. The molecule has 0 bridgehead atoms. The third-order valence-corrected chi connectivity index (χ3v) is 4.61. The number of benzene rings is 1. The van der Waals surface area contributed by atoms with Gasteiger partial charge in [0.1, 0.15) is 5.75 Å². The predicted molar refractivity (Wildman–Crippen MR) is 86.4 cm³/mol. The van der Waals surface area contributed by atoms with Gasteiger partial charge in [0, 0.05) is 0 Å². The molecule has 3 rings (SSSR count). The number of thioether (sulfide) groups is 1. The maximum absolute atomic E-state index is 12.0. The molecule has 1 saturated heterocycles. The molecule has 1 aliphatic carbocycles. The summed E-state index contributed by atoms with van der Waals surface area (Å²) in [6, 6.07) is 8.03. The molecule has 4 nitrogen and oxygen atoms in total. The van der Waals surface area contributed by atoms with Gasteiger partial charge >= 0.3 is 0 Å². The minimum Gasteiger partial charge on any atom is -0.497 e. The van der Waals surface area contributed by atoms with Crippen molar-refractivity contribution in [3.8, 4) is 5.75 Å². The quantitative estimate of drug-likeness (QED) is 0.872. The summed E-state index contributed by atoms with van der Waals surface area (Å²) in [5, 5.41) is 3.60. The molecule has 110 valence electrons. The number of hydrogen-bond donors (Lipinski definition) is 1. The average Bonchev–Trinajstić information content (AvgIpc) is 3.11. The minimum absolute atomic E-state index is 0.0624. The van der Waals surface area contributed by atoms with Crippen LogP contribution >= 0.6 is 11.8 Å². The first-order valence-electron chi connectivity index (χ1n) is 7.17. The van der Waals surface area contributed by atoms with Gasteiger partial charge in [-0.1, -0.05) is 25.0 Å². The van der Waals surface area contributed by atoms with E-state index in [0.29, 0.717) is 10.9 Å². The fraction of sp³-hybridized carbons (Fsp3) is 0.375. The zero-order valence-corrected chi connectivity index (χ0v) is 12.8. The first-order chi connectivity index (χ1) is 10.2. The van der Waals surface area contributed by atoms with Crippen LogP contribution in [0.5, 0.6) is 5.75 Å². The second kappa shape index (κ2) is 6.35. The van der Waals surface area contributed by atoms with Gasteiger partial charge in [-0.05, 0) is 48.4 Å². The molecule has 21 heavy (non-hydrogen) atoms. The van der Waals surface area contributed by atoms with E-state index >= 15 is 0 Å². The third kappa shape index (κ3) is 3.47. The van der Waals surface area contributed by atoms with Crippen molar-refractivity contribution in [2.75, 3.05) is 7.11 Å². The molecule has 5 heteroatoms. The number of carbonyl (C=O) groups excluding carboxylic acids is 1. The Morgan fingerprint density at radius 1 is 1.29 bits per heavy atom. The van der Waals surface area contributed by atoms with Crippen molar-refractivity contribution in [1.82, 2.24) is 5.32 Å². The Labute approximate surface area is 128 Å². The Morgan fingerprint density at radius 3 is 2.67 bits per heavy atom.